The second kappa shape index (κ2) is 10.1. The molecule has 1 atom stereocenters. The maximum atomic E-state index is 13.7. The van der Waals surface area contributed by atoms with E-state index < -0.39 is 0 Å². The molecule has 7 nitrogen and oxygen atoms in total. The molecule has 0 saturated heterocycles. The zero-order chi connectivity index (χ0) is 22.7. The summed E-state index contributed by atoms with van der Waals surface area (Å²) in [6, 6.07) is 7.25. The quantitative estimate of drug-likeness (QED) is 0.398. The molecule has 2 aromatic heterocycles. The number of nitrogens with zero attached hydrogens (tertiary/aromatic N) is 2. The third kappa shape index (κ3) is 4.69. The zero-order valence-corrected chi connectivity index (χ0v) is 20.1. The predicted molar refractivity (Wildman–Crippen MR) is 129 cm³/mol. The predicted octanol–water partition coefficient (Wildman–Crippen LogP) is 3.58. The van der Waals surface area contributed by atoms with Crippen molar-refractivity contribution >= 4 is 39.2 Å². The molecule has 0 saturated carbocycles. The number of aromatic nitrogens is 2. The maximum absolute atomic E-state index is 13.7. The van der Waals surface area contributed by atoms with Gasteiger partial charge in [0.2, 0.25) is 5.91 Å². The normalized spacial score (nSPS) is 14.2. The van der Waals surface area contributed by atoms with Crippen molar-refractivity contribution in [3.8, 4) is 11.4 Å². The van der Waals surface area contributed by atoms with E-state index in [1.165, 1.54) is 16.6 Å². The smallest absolute Gasteiger partial charge is 0.267 e. The summed E-state index contributed by atoms with van der Waals surface area (Å²) >= 11 is 2.88. The van der Waals surface area contributed by atoms with Gasteiger partial charge in [0.25, 0.3) is 5.56 Å². The van der Waals surface area contributed by atoms with E-state index in [4.69, 9.17) is 14.5 Å². The average Bonchev–Trinajstić information content (AvgIpc) is 3.16. The maximum Gasteiger partial charge on any atom is 0.267 e. The number of carbonyl (C=O) groups is 1. The van der Waals surface area contributed by atoms with Gasteiger partial charge in [-0.25, -0.2) is 4.98 Å². The molecule has 1 N–H and O–H groups in total. The number of amides is 1. The van der Waals surface area contributed by atoms with Gasteiger partial charge < -0.3 is 14.8 Å². The third-order valence-corrected chi connectivity index (χ3v) is 7.57. The number of hydrogen-bond acceptors (Lipinski definition) is 7. The number of rotatable bonds is 8. The van der Waals surface area contributed by atoms with Crippen LogP contribution in [0.25, 0.3) is 15.9 Å². The van der Waals surface area contributed by atoms with E-state index in [0.29, 0.717) is 23.2 Å². The molecule has 32 heavy (non-hydrogen) atoms. The molecule has 1 aliphatic rings. The fourth-order valence-corrected chi connectivity index (χ4v) is 6.11. The Labute approximate surface area is 195 Å². The topological polar surface area (TPSA) is 82.5 Å². The largest absolute Gasteiger partial charge is 0.497 e. The minimum Gasteiger partial charge on any atom is -0.497 e. The molecule has 3 aromatic rings. The first kappa shape index (κ1) is 22.8. The van der Waals surface area contributed by atoms with Gasteiger partial charge >= 0.3 is 0 Å². The molecule has 4 rings (SSSR count). The molecule has 9 heteroatoms. The van der Waals surface area contributed by atoms with Gasteiger partial charge in [0.1, 0.15) is 10.6 Å². The summed E-state index contributed by atoms with van der Waals surface area (Å²) in [4.78, 5) is 33.0. The second-order valence-electron chi connectivity index (χ2n) is 7.84. The standard InChI is InChI=1S/C23H27N3O4S2/c1-14(12-29-2)24-19(27)13-31-23-25-21-20(17-6-4-5-7-18(17)32-21)22(28)26(23)15-8-10-16(30-3)11-9-15/h8-11,14H,4-7,12-13H2,1-3H3,(H,24,27). The highest BCUT2D eigenvalue weighted by atomic mass is 32.2. The van der Waals surface area contributed by atoms with Crippen LogP contribution in [-0.2, 0) is 22.4 Å². The van der Waals surface area contributed by atoms with Crippen LogP contribution in [0.2, 0.25) is 0 Å². The van der Waals surface area contributed by atoms with Crippen molar-refractivity contribution in [1.29, 1.82) is 0 Å². The summed E-state index contributed by atoms with van der Waals surface area (Å²) in [6.07, 6.45) is 4.16. The summed E-state index contributed by atoms with van der Waals surface area (Å²) < 4.78 is 12.0. The summed E-state index contributed by atoms with van der Waals surface area (Å²) in [5, 5.41) is 4.14. The van der Waals surface area contributed by atoms with Crippen molar-refractivity contribution in [2.75, 3.05) is 26.6 Å². The third-order valence-electron chi connectivity index (χ3n) is 5.45. The van der Waals surface area contributed by atoms with Crippen LogP contribution >= 0.6 is 23.1 Å². The fraction of sp³-hybridized carbons (Fsp3) is 0.435. The highest BCUT2D eigenvalue weighted by Gasteiger charge is 2.23. The number of hydrogen-bond donors (Lipinski definition) is 1. The van der Waals surface area contributed by atoms with E-state index in [-0.39, 0.29) is 23.3 Å². The second-order valence-corrected chi connectivity index (χ2v) is 9.86. The van der Waals surface area contributed by atoms with E-state index >= 15 is 0 Å². The van der Waals surface area contributed by atoms with Gasteiger partial charge in [0, 0.05) is 18.0 Å². The van der Waals surface area contributed by atoms with Crippen molar-refractivity contribution in [2.45, 2.75) is 43.8 Å². The van der Waals surface area contributed by atoms with Gasteiger partial charge in [0.05, 0.1) is 30.5 Å². The Morgan fingerprint density at radius 2 is 2.00 bits per heavy atom. The number of nitrogens with one attached hydrogen (secondary N) is 1. The Hall–Kier alpha value is -2.36. The average molecular weight is 474 g/mol. The van der Waals surface area contributed by atoms with Gasteiger partial charge in [-0.2, -0.15) is 0 Å². The van der Waals surface area contributed by atoms with Crippen LogP contribution in [0.5, 0.6) is 5.75 Å². The molecule has 1 aliphatic carbocycles. The van der Waals surface area contributed by atoms with E-state index in [1.54, 1.807) is 30.1 Å². The Balaban J connectivity index is 1.74. The fourth-order valence-electron chi connectivity index (χ4n) is 3.98. The number of methoxy groups -OCH3 is 2. The van der Waals surface area contributed by atoms with Crippen molar-refractivity contribution in [1.82, 2.24) is 14.9 Å². The van der Waals surface area contributed by atoms with Crippen LogP contribution in [0, 0.1) is 0 Å². The van der Waals surface area contributed by atoms with Crippen LogP contribution < -0.4 is 15.6 Å². The number of ether oxygens (including phenoxy) is 2. The van der Waals surface area contributed by atoms with Gasteiger partial charge in [-0.1, -0.05) is 11.8 Å². The van der Waals surface area contributed by atoms with E-state index in [1.807, 2.05) is 31.2 Å². The van der Waals surface area contributed by atoms with Crippen LogP contribution in [0.1, 0.15) is 30.2 Å². The van der Waals surface area contributed by atoms with Crippen molar-refractivity contribution in [3.63, 3.8) is 0 Å². The molecule has 1 aromatic carbocycles. The Morgan fingerprint density at radius 1 is 1.25 bits per heavy atom. The minimum absolute atomic E-state index is 0.0739. The van der Waals surface area contributed by atoms with E-state index in [2.05, 4.69) is 5.32 Å². The van der Waals surface area contributed by atoms with Crippen molar-refractivity contribution in [2.24, 2.45) is 0 Å². The van der Waals surface area contributed by atoms with Gasteiger partial charge in [0.15, 0.2) is 5.16 Å². The monoisotopic (exact) mass is 473 g/mol. The van der Waals surface area contributed by atoms with E-state index in [9.17, 15) is 9.59 Å². The highest BCUT2D eigenvalue weighted by molar-refractivity contribution is 7.99. The van der Waals surface area contributed by atoms with Gasteiger partial charge in [-0.15, -0.1) is 11.3 Å². The van der Waals surface area contributed by atoms with Crippen molar-refractivity contribution in [3.05, 3.63) is 45.1 Å². The molecule has 0 aliphatic heterocycles. The molecular formula is C23H27N3O4S2. The first-order valence-corrected chi connectivity index (χ1v) is 12.4. The Morgan fingerprint density at radius 3 is 2.72 bits per heavy atom. The lowest BCUT2D eigenvalue weighted by atomic mass is 9.97. The summed E-state index contributed by atoms with van der Waals surface area (Å²) in [6.45, 7) is 2.33. The van der Waals surface area contributed by atoms with Crippen molar-refractivity contribution < 1.29 is 14.3 Å². The lowest BCUT2D eigenvalue weighted by molar-refractivity contribution is -0.119. The van der Waals surface area contributed by atoms with Crippen LogP contribution in [0.3, 0.4) is 0 Å². The lowest BCUT2D eigenvalue weighted by Gasteiger charge is -2.15. The number of fused-ring (bicyclic) bond motifs is 3. The van der Waals surface area contributed by atoms with Crippen LogP contribution in [-0.4, -0.2) is 48.1 Å². The minimum atomic E-state index is -0.124. The number of aryl methyl sites for hydroxylation is 2. The van der Waals surface area contributed by atoms with Gasteiger partial charge in [-0.3, -0.25) is 14.2 Å². The first-order valence-electron chi connectivity index (χ1n) is 10.6. The van der Waals surface area contributed by atoms with Crippen LogP contribution in [0.15, 0.2) is 34.2 Å². The molecule has 2 heterocycles. The molecular weight excluding hydrogens is 446 g/mol. The lowest BCUT2D eigenvalue weighted by Crippen LogP contribution is -2.36. The number of thiophene rings is 1. The summed E-state index contributed by atoms with van der Waals surface area (Å²) in [5.74, 6) is 0.748. The molecule has 170 valence electrons. The molecule has 1 unspecified atom stereocenters. The zero-order valence-electron chi connectivity index (χ0n) is 18.5. The Bertz CT molecular complexity index is 1170. The number of carbonyl (C=O) groups excluding carboxylic acids is 1. The summed E-state index contributed by atoms with van der Waals surface area (Å²) in [5.41, 5.74) is 1.78. The number of thioether (sulfide) groups is 1. The summed E-state index contributed by atoms with van der Waals surface area (Å²) in [7, 11) is 3.21. The molecule has 1 amide bonds. The molecule has 0 fully saturated rings. The highest BCUT2D eigenvalue weighted by Crippen LogP contribution is 2.35. The molecule has 0 spiro atoms. The van der Waals surface area contributed by atoms with Gasteiger partial charge in [-0.05, 0) is 62.4 Å². The SMILES string of the molecule is COCC(C)NC(=O)CSc1nc2sc3c(c2c(=O)n1-c1ccc(OC)cc1)CCCC3. The molecule has 0 radical (unpaired) electrons. The molecule has 0 bridgehead atoms. The van der Waals surface area contributed by atoms with Crippen LogP contribution in [0.4, 0.5) is 0 Å². The Kier molecular flexibility index (Phi) is 7.17. The first-order chi connectivity index (χ1) is 15.5. The van der Waals surface area contributed by atoms with E-state index in [0.717, 1.165) is 41.5 Å². The number of benzene rings is 1.